The third-order valence-corrected chi connectivity index (χ3v) is 5.98. The maximum atomic E-state index is 6.35. The molecular weight excluding hydrogens is 378 g/mol. The number of nitrogens with one attached hydrogen (secondary N) is 1. The van der Waals surface area contributed by atoms with Gasteiger partial charge in [0, 0.05) is 56.8 Å². The molecule has 1 unspecified atom stereocenters. The molecule has 0 aliphatic carbocycles. The van der Waals surface area contributed by atoms with E-state index < -0.39 is 0 Å². The molecule has 0 bridgehead atoms. The lowest BCUT2D eigenvalue weighted by Gasteiger charge is -2.35. The summed E-state index contributed by atoms with van der Waals surface area (Å²) in [6.07, 6.45) is 9.11. The largest absolute Gasteiger partial charge is 0.448 e. The molecular formula is C23H33N5O2. The number of oxazole rings is 1. The van der Waals surface area contributed by atoms with E-state index in [9.17, 15) is 0 Å². The fourth-order valence-electron chi connectivity index (χ4n) is 4.20. The lowest BCUT2D eigenvalue weighted by molar-refractivity contribution is 0.0188. The van der Waals surface area contributed by atoms with Gasteiger partial charge in [0.15, 0.2) is 0 Å². The van der Waals surface area contributed by atoms with Crippen LogP contribution in [0.4, 0.5) is 5.69 Å². The van der Waals surface area contributed by atoms with E-state index in [1.165, 1.54) is 24.1 Å². The molecule has 2 fully saturated rings. The Labute approximate surface area is 178 Å². The quantitative estimate of drug-likeness (QED) is 0.725. The zero-order valence-electron chi connectivity index (χ0n) is 17.8. The van der Waals surface area contributed by atoms with Crippen LogP contribution in [0.2, 0.25) is 0 Å². The molecule has 30 heavy (non-hydrogen) atoms. The molecule has 2 aliphatic heterocycles. The van der Waals surface area contributed by atoms with Crippen LogP contribution < -0.4 is 16.0 Å². The van der Waals surface area contributed by atoms with Crippen LogP contribution in [0.15, 0.2) is 41.3 Å². The minimum Gasteiger partial charge on any atom is -0.448 e. The molecule has 7 nitrogen and oxygen atoms in total. The first-order valence-corrected chi connectivity index (χ1v) is 11.0. The number of ether oxygens (including phenoxy) is 1. The van der Waals surface area contributed by atoms with Crippen molar-refractivity contribution in [1.29, 1.82) is 0 Å². The summed E-state index contributed by atoms with van der Waals surface area (Å²) in [4.78, 5) is 9.03. The maximum absolute atomic E-state index is 6.35. The fourth-order valence-corrected chi connectivity index (χ4v) is 4.20. The Morgan fingerprint density at radius 2 is 2.13 bits per heavy atom. The summed E-state index contributed by atoms with van der Waals surface area (Å²) in [7, 11) is 0. The monoisotopic (exact) mass is 411 g/mol. The van der Waals surface area contributed by atoms with Crippen molar-refractivity contribution in [1.82, 2.24) is 15.2 Å². The van der Waals surface area contributed by atoms with E-state index in [0.29, 0.717) is 6.10 Å². The molecule has 7 heteroatoms. The Morgan fingerprint density at radius 1 is 1.27 bits per heavy atom. The SMILES string of the molecule is Cc1cc(N2CCN(Cc3ncco3)CC2)ccc1/C(N)=C/NCC1CCCCO1. The Kier molecular flexibility index (Phi) is 6.92. The molecule has 1 atom stereocenters. The van der Waals surface area contributed by atoms with Crippen LogP contribution in [-0.2, 0) is 11.3 Å². The van der Waals surface area contributed by atoms with Gasteiger partial charge in [-0.1, -0.05) is 6.07 Å². The molecule has 4 rings (SSSR count). The zero-order chi connectivity index (χ0) is 20.8. The zero-order valence-corrected chi connectivity index (χ0v) is 17.8. The summed E-state index contributed by atoms with van der Waals surface area (Å²) in [5, 5.41) is 3.34. The number of hydrogen-bond donors (Lipinski definition) is 2. The van der Waals surface area contributed by atoms with Crippen LogP contribution in [0.1, 0.15) is 36.3 Å². The van der Waals surface area contributed by atoms with E-state index in [1.807, 2.05) is 6.20 Å². The Morgan fingerprint density at radius 3 is 2.83 bits per heavy atom. The van der Waals surface area contributed by atoms with Gasteiger partial charge in [0.25, 0.3) is 0 Å². The highest BCUT2D eigenvalue weighted by atomic mass is 16.5. The summed E-state index contributed by atoms with van der Waals surface area (Å²) in [6.45, 7) is 8.58. The average molecular weight is 412 g/mol. The number of anilines is 1. The average Bonchev–Trinajstić information content (AvgIpc) is 3.28. The third kappa shape index (κ3) is 5.34. The van der Waals surface area contributed by atoms with Crippen molar-refractivity contribution in [2.75, 3.05) is 44.2 Å². The van der Waals surface area contributed by atoms with Crippen LogP contribution in [0.3, 0.4) is 0 Å². The molecule has 162 valence electrons. The van der Waals surface area contributed by atoms with E-state index in [4.69, 9.17) is 14.9 Å². The second-order valence-corrected chi connectivity index (χ2v) is 8.18. The lowest BCUT2D eigenvalue weighted by Crippen LogP contribution is -2.46. The number of aryl methyl sites for hydroxylation is 1. The normalized spacial score (nSPS) is 21.0. The van der Waals surface area contributed by atoms with Crippen molar-refractivity contribution < 1.29 is 9.15 Å². The molecule has 0 saturated carbocycles. The second kappa shape index (κ2) is 10.00. The van der Waals surface area contributed by atoms with E-state index in [-0.39, 0.29) is 0 Å². The van der Waals surface area contributed by atoms with Gasteiger partial charge in [-0.3, -0.25) is 4.90 Å². The summed E-state index contributed by atoms with van der Waals surface area (Å²) < 4.78 is 11.1. The fraction of sp³-hybridized carbons (Fsp3) is 0.522. The minimum absolute atomic E-state index is 0.300. The molecule has 1 aromatic heterocycles. The van der Waals surface area contributed by atoms with E-state index in [0.717, 1.165) is 69.4 Å². The summed E-state index contributed by atoms with van der Waals surface area (Å²) >= 11 is 0. The van der Waals surface area contributed by atoms with E-state index >= 15 is 0 Å². The summed E-state index contributed by atoms with van der Waals surface area (Å²) in [6, 6.07) is 6.55. The van der Waals surface area contributed by atoms with Crippen LogP contribution in [-0.4, -0.2) is 55.3 Å². The number of nitrogens with two attached hydrogens (primary N) is 1. The highest BCUT2D eigenvalue weighted by molar-refractivity contribution is 5.68. The Bertz CT molecular complexity index is 822. The summed E-state index contributed by atoms with van der Waals surface area (Å²) in [5.74, 6) is 0.787. The van der Waals surface area contributed by atoms with Crippen molar-refractivity contribution >= 4 is 11.4 Å². The van der Waals surface area contributed by atoms with Gasteiger partial charge < -0.3 is 25.1 Å². The first-order chi connectivity index (χ1) is 14.7. The Hall–Kier alpha value is -2.51. The predicted molar refractivity (Wildman–Crippen MR) is 119 cm³/mol. The molecule has 2 aromatic rings. The van der Waals surface area contributed by atoms with E-state index in [2.05, 4.69) is 45.2 Å². The van der Waals surface area contributed by atoms with Crippen LogP contribution in [0.25, 0.3) is 5.70 Å². The van der Waals surface area contributed by atoms with Crippen LogP contribution in [0.5, 0.6) is 0 Å². The van der Waals surface area contributed by atoms with Crippen LogP contribution in [0, 0.1) is 6.92 Å². The van der Waals surface area contributed by atoms with Crippen molar-refractivity contribution in [3.8, 4) is 0 Å². The molecule has 3 N–H and O–H groups in total. The van der Waals surface area contributed by atoms with Gasteiger partial charge in [-0.2, -0.15) is 0 Å². The number of rotatable bonds is 7. The smallest absolute Gasteiger partial charge is 0.208 e. The van der Waals surface area contributed by atoms with Crippen LogP contribution >= 0.6 is 0 Å². The molecule has 0 amide bonds. The molecule has 0 radical (unpaired) electrons. The first kappa shape index (κ1) is 20.8. The second-order valence-electron chi connectivity index (χ2n) is 8.18. The molecule has 0 spiro atoms. The third-order valence-electron chi connectivity index (χ3n) is 5.98. The standard InChI is InChI=1S/C23H33N5O2/c1-18-14-19(28-10-8-27(9-11-28)17-23-26-7-13-30-23)5-6-21(18)22(24)16-25-15-20-4-2-3-12-29-20/h5-7,13-14,16,20,25H,2-4,8-12,15,17,24H2,1H3/b22-16-. The predicted octanol–water partition coefficient (Wildman–Crippen LogP) is 2.72. The van der Waals surface area contributed by atoms with Gasteiger partial charge in [-0.05, 0) is 43.9 Å². The Balaban J connectivity index is 1.30. The first-order valence-electron chi connectivity index (χ1n) is 11.0. The number of piperazine rings is 1. The van der Waals surface area contributed by atoms with Gasteiger partial charge in [-0.25, -0.2) is 4.98 Å². The topological polar surface area (TPSA) is 79.8 Å². The number of hydrogen-bond acceptors (Lipinski definition) is 7. The summed E-state index contributed by atoms with van der Waals surface area (Å²) in [5.41, 5.74) is 10.6. The number of aromatic nitrogens is 1. The van der Waals surface area contributed by atoms with Gasteiger partial charge in [0.2, 0.25) is 5.89 Å². The minimum atomic E-state index is 0.300. The molecule has 2 saturated heterocycles. The van der Waals surface area contributed by atoms with Gasteiger partial charge in [0.1, 0.15) is 6.26 Å². The van der Waals surface area contributed by atoms with Crippen molar-refractivity contribution in [3.05, 3.63) is 53.9 Å². The number of benzene rings is 1. The van der Waals surface area contributed by atoms with Crippen molar-refractivity contribution in [2.24, 2.45) is 5.73 Å². The maximum Gasteiger partial charge on any atom is 0.208 e. The van der Waals surface area contributed by atoms with Gasteiger partial charge in [0.05, 0.1) is 24.5 Å². The van der Waals surface area contributed by atoms with Crippen molar-refractivity contribution in [2.45, 2.75) is 38.8 Å². The lowest BCUT2D eigenvalue weighted by atomic mass is 10.0. The van der Waals surface area contributed by atoms with Gasteiger partial charge >= 0.3 is 0 Å². The number of nitrogens with zero attached hydrogens (tertiary/aromatic N) is 3. The van der Waals surface area contributed by atoms with Gasteiger partial charge in [-0.15, -0.1) is 0 Å². The molecule has 1 aromatic carbocycles. The highest BCUT2D eigenvalue weighted by Crippen LogP contribution is 2.23. The molecule has 3 heterocycles. The highest BCUT2D eigenvalue weighted by Gasteiger charge is 2.19. The van der Waals surface area contributed by atoms with Crippen molar-refractivity contribution in [3.63, 3.8) is 0 Å². The van der Waals surface area contributed by atoms with E-state index in [1.54, 1.807) is 12.5 Å². The molecule has 2 aliphatic rings.